The Hall–Kier alpha value is -2.40. The lowest BCUT2D eigenvalue weighted by Gasteiger charge is -2.14. The van der Waals surface area contributed by atoms with Gasteiger partial charge in [-0.1, -0.05) is 6.07 Å². The minimum atomic E-state index is 0.195. The zero-order valence-corrected chi connectivity index (χ0v) is 14.4. The number of nitrogens with zero attached hydrogens (tertiary/aromatic N) is 2. The Morgan fingerprint density at radius 2 is 2.12 bits per heavy atom. The van der Waals surface area contributed by atoms with Gasteiger partial charge in [-0.3, -0.25) is 4.99 Å². The monoisotopic (exact) mass is 325 g/mol. The summed E-state index contributed by atoms with van der Waals surface area (Å²) in [4.78, 5) is 9.10. The molecule has 0 radical (unpaired) electrons. The van der Waals surface area contributed by atoms with Crippen molar-refractivity contribution in [3.05, 3.63) is 53.2 Å². The number of hydrogen-bond acceptors (Lipinski definition) is 5. The largest absolute Gasteiger partial charge is 0.494 e. The van der Waals surface area contributed by atoms with Crippen LogP contribution in [-0.4, -0.2) is 37.1 Å². The van der Waals surface area contributed by atoms with Crippen molar-refractivity contribution in [2.45, 2.75) is 26.4 Å². The van der Waals surface area contributed by atoms with Crippen LogP contribution in [0.3, 0.4) is 0 Å². The van der Waals surface area contributed by atoms with Crippen molar-refractivity contribution in [1.82, 2.24) is 4.98 Å². The molecule has 126 valence electrons. The first-order chi connectivity index (χ1) is 11.7. The zero-order chi connectivity index (χ0) is 16.9. The maximum Gasteiger partial charge on any atom is 0.126 e. The van der Waals surface area contributed by atoms with E-state index in [1.165, 1.54) is 5.56 Å². The van der Waals surface area contributed by atoms with Gasteiger partial charge in [0.1, 0.15) is 11.6 Å². The summed E-state index contributed by atoms with van der Waals surface area (Å²) >= 11 is 0. The normalized spacial score (nSPS) is 14.0. The molecule has 3 rings (SSSR count). The highest BCUT2D eigenvalue weighted by Gasteiger charge is 2.19. The van der Waals surface area contributed by atoms with E-state index in [1.807, 2.05) is 31.3 Å². The summed E-state index contributed by atoms with van der Waals surface area (Å²) in [6.45, 7) is 6.06. The number of anilines is 1. The zero-order valence-electron chi connectivity index (χ0n) is 14.4. The van der Waals surface area contributed by atoms with Crippen LogP contribution >= 0.6 is 0 Å². The van der Waals surface area contributed by atoms with Crippen LogP contribution in [0.4, 0.5) is 5.82 Å². The first-order valence-electron chi connectivity index (χ1n) is 8.23. The van der Waals surface area contributed by atoms with Gasteiger partial charge in [-0.05, 0) is 43.7 Å². The molecule has 0 aliphatic carbocycles. The molecule has 2 aromatic rings. The number of hydrogen-bond donors (Lipinski definition) is 1. The molecular weight excluding hydrogens is 302 g/mol. The Balaban J connectivity index is 1.85. The molecule has 0 unspecified atom stereocenters. The van der Waals surface area contributed by atoms with E-state index in [9.17, 15) is 0 Å². The molecule has 1 aliphatic rings. The van der Waals surface area contributed by atoms with Crippen molar-refractivity contribution in [3.63, 3.8) is 0 Å². The molecule has 1 atom stereocenters. The molecular formula is C19H23N3O2. The Kier molecular flexibility index (Phi) is 5.11. The van der Waals surface area contributed by atoms with Gasteiger partial charge in [0.15, 0.2) is 0 Å². The van der Waals surface area contributed by atoms with Gasteiger partial charge in [-0.15, -0.1) is 0 Å². The summed E-state index contributed by atoms with van der Waals surface area (Å²) in [6.07, 6.45) is 1.81. The molecule has 5 heteroatoms. The van der Waals surface area contributed by atoms with Crippen LogP contribution in [0.2, 0.25) is 0 Å². The average molecular weight is 325 g/mol. The van der Waals surface area contributed by atoms with Gasteiger partial charge in [-0.2, -0.15) is 0 Å². The van der Waals surface area contributed by atoms with Crippen LogP contribution in [0, 0.1) is 0 Å². The highest BCUT2D eigenvalue weighted by atomic mass is 16.5. The number of fused-ring (bicyclic) bond motifs is 1. The van der Waals surface area contributed by atoms with Crippen molar-refractivity contribution in [2.75, 3.05) is 25.6 Å². The maximum absolute atomic E-state index is 5.62. The second-order valence-electron chi connectivity index (χ2n) is 5.85. The third-order valence-electron chi connectivity index (χ3n) is 3.90. The van der Waals surface area contributed by atoms with Crippen LogP contribution in [0.5, 0.6) is 5.75 Å². The summed E-state index contributed by atoms with van der Waals surface area (Å²) in [5.41, 5.74) is 4.43. The fourth-order valence-electron chi connectivity index (χ4n) is 2.87. The van der Waals surface area contributed by atoms with Crippen molar-refractivity contribution in [3.8, 4) is 5.75 Å². The molecule has 1 aliphatic heterocycles. The summed E-state index contributed by atoms with van der Waals surface area (Å²) in [7, 11) is 1.70. The number of methoxy groups -OCH3 is 1. The molecule has 2 heterocycles. The molecule has 24 heavy (non-hydrogen) atoms. The van der Waals surface area contributed by atoms with E-state index >= 15 is 0 Å². The molecule has 1 aromatic heterocycles. The van der Waals surface area contributed by atoms with E-state index in [2.05, 4.69) is 29.4 Å². The van der Waals surface area contributed by atoms with E-state index < -0.39 is 0 Å². The second kappa shape index (κ2) is 7.45. The third kappa shape index (κ3) is 3.57. The van der Waals surface area contributed by atoms with Crippen LogP contribution < -0.4 is 10.1 Å². The number of pyridine rings is 1. The minimum absolute atomic E-state index is 0.195. The summed E-state index contributed by atoms with van der Waals surface area (Å²) < 4.78 is 10.8. The number of aromatic nitrogens is 1. The molecule has 0 saturated heterocycles. The smallest absolute Gasteiger partial charge is 0.126 e. The Labute approximate surface area is 142 Å². The molecule has 0 bridgehead atoms. The lowest BCUT2D eigenvalue weighted by Crippen LogP contribution is -2.21. The lowest BCUT2D eigenvalue weighted by molar-refractivity contribution is 0.190. The van der Waals surface area contributed by atoms with Crippen LogP contribution in [0.25, 0.3) is 0 Å². The SMILES string of the molecule is CCOc1ccc2c(c1)C(c1ccnc(N[C@@H](C)COC)c1)=NC2. The summed E-state index contributed by atoms with van der Waals surface area (Å²) in [5, 5.41) is 3.35. The van der Waals surface area contributed by atoms with Crippen molar-refractivity contribution >= 4 is 11.5 Å². The number of aliphatic imine (C=N–C) groups is 1. The van der Waals surface area contributed by atoms with E-state index in [4.69, 9.17) is 14.5 Å². The fourth-order valence-corrected chi connectivity index (χ4v) is 2.87. The second-order valence-corrected chi connectivity index (χ2v) is 5.85. The molecule has 1 aromatic carbocycles. The fraction of sp³-hybridized carbons (Fsp3) is 0.368. The summed E-state index contributed by atoms with van der Waals surface area (Å²) in [5.74, 6) is 1.71. The first-order valence-corrected chi connectivity index (χ1v) is 8.23. The van der Waals surface area contributed by atoms with Crippen molar-refractivity contribution in [1.29, 1.82) is 0 Å². The van der Waals surface area contributed by atoms with Crippen LogP contribution in [-0.2, 0) is 11.3 Å². The Bertz CT molecular complexity index is 743. The van der Waals surface area contributed by atoms with E-state index in [1.54, 1.807) is 7.11 Å². The Morgan fingerprint density at radius 3 is 2.92 bits per heavy atom. The van der Waals surface area contributed by atoms with Crippen LogP contribution in [0.15, 0.2) is 41.5 Å². The van der Waals surface area contributed by atoms with Crippen molar-refractivity contribution < 1.29 is 9.47 Å². The minimum Gasteiger partial charge on any atom is -0.494 e. The standard InChI is InChI=1S/C19H23N3O2/c1-4-24-16-6-5-15-11-21-19(17(15)10-16)14-7-8-20-18(9-14)22-13(2)12-23-3/h5-10,13H,4,11-12H2,1-3H3,(H,20,22)/t13-/m0/s1. The van der Waals surface area contributed by atoms with E-state index in [-0.39, 0.29) is 6.04 Å². The summed E-state index contributed by atoms with van der Waals surface area (Å²) in [6, 6.07) is 10.4. The van der Waals surface area contributed by atoms with E-state index in [0.717, 1.165) is 28.4 Å². The number of benzene rings is 1. The molecule has 5 nitrogen and oxygen atoms in total. The predicted molar refractivity (Wildman–Crippen MR) is 96.2 cm³/mol. The number of rotatable bonds is 7. The Morgan fingerprint density at radius 1 is 1.25 bits per heavy atom. The average Bonchev–Trinajstić information content (AvgIpc) is 2.99. The molecule has 0 amide bonds. The quantitative estimate of drug-likeness (QED) is 0.849. The molecule has 0 spiro atoms. The van der Waals surface area contributed by atoms with Crippen molar-refractivity contribution in [2.24, 2.45) is 4.99 Å². The topological polar surface area (TPSA) is 55.7 Å². The number of ether oxygens (including phenoxy) is 2. The highest BCUT2D eigenvalue weighted by molar-refractivity contribution is 6.15. The van der Waals surface area contributed by atoms with Gasteiger partial charge >= 0.3 is 0 Å². The maximum atomic E-state index is 5.62. The number of nitrogens with one attached hydrogen (secondary N) is 1. The first kappa shape index (κ1) is 16.5. The van der Waals surface area contributed by atoms with Gasteiger partial charge in [-0.25, -0.2) is 4.98 Å². The van der Waals surface area contributed by atoms with Gasteiger partial charge < -0.3 is 14.8 Å². The van der Waals surface area contributed by atoms with Crippen LogP contribution in [0.1, 0.15) is 30.5 Å². The van der Waals surface area contributed by atoms with Gasteiger partial charge in [0.2, 0.25) is 0 Å². The third-order valence-corrected chi connectivity index (χ3v) is 3.90. The van der Waals surface area contributed by atoms with Gasteiger partial charge in [0.25, 0.3) is 0 Å². The molecule has 0 fully saturated rings. The van der Waals surface area contributed by atoms with Gasteiger partial charge in [0, 0.05) is 30.5 Å². The predicted octanol–water partition coefficient (Wildman–Crippen LogP) is 3.28. The van der Waals surface area contributed by atoms with Gasteiger partial charge in [0.05, 0.1) is 25.5 Å². The lowest BCUT2D eigenvalue weighted by atomic mass is 10.0. The molecule has 0 saturated carbocycles. The highest BCUT2D eigenvalue weighted by Crippen LogP contribution is 2.27. The van der Waals surface area contributed by atoms with E-state index in [0.29, 0.717) is 19.8 Å². The molecule has 1 N–H and O–H groups in total.